The summed E-state index contributed by atoms with van der Waals surface area (Å²) >= 11 is 7.70. The Morgan fingerprint density at radius 2 is 1.61 bits per heavy atom. The van der Waals surface area contributed by atoms with Gasteiger partial charge in [0.1, 0.15) is 0 Å². The van der Waals surface area contributed by atoms with Gasteiger partial charge in [-0.3, -0.25) is 0 Å². The summed E-state index contributed by atoms with van der Waals surface area (Å²) in [6, 6.07) is 16.7. The van der Waals surface area contributed by atoms with E-state index in [-0.39, 0.29) is 0 Å². The largest absolute Gasteiger partial charge is 0.0795 e. The van der Waals surface area contributed by atoms with Crippen molar-refractivity contribution in [3.05, 3.63) is 74.9 Å². The van der Waals surface area contributed by atoms with Gasteiger partial charge in [-0.25, -0.2) is 0 Å². The molecule has 0 unspecified atom stereocenters. The second-order valence-corrected chi connectivity index (χ2v) is 5.80. The number of halogens is 1. The Balaban J connectivity index is 2.11. The molecule has 0 aliphatic rings. The third-order valence-electron chi connectivity index (χ3n) is 2.63. The van der Waals surface area contributed by atoms with Crippen molar-refractivity contribution in [3.63, 3.8) is 0 Å². The number of hydrogen-bond acceptors (Lipinski definition) is 1. The predicted octanol–water partition coefficient (Wildman–Crippen LogP) is 5.03. The van der Waals surface area contributed by atoms with Crippen LogP contribution in [0.2, 0.25) is 0 Å². The molecule has 2 aromatic rings. The second-order valence-electron chi connectivity index (χ2n) is 4.12. The summed E-state index contributed by atoms with van der Waals surface area (Å²) in [4.78, 5) is 0.869. The molecule has 0 fully saturated rings. The summed E-state index contributed by atoms with van der Waals surface area (Å²) in [5.41, 5.74) is 3.52. The van der Waals surface area contributed by atoms with Crippen molar-refractivity contribution in [2.45, 2.75) is 6.92 Å². The predicted molar refractivity (Wildman–Crippen MR) is 91.1 cm³/mol. The van der Waals surface area contributed by atoms with E-state index in [4.69, 9.17) is 12.2 Å². The maximum Gasteiger partial charge on any atom is 0.0449 e. The van der Waals surface area contributed by atoms with Gasteiger partial charge < -0.3 is 0 Å². The summed E-state index contributed by atoms with van der Waals surface area (Å²) in [6.07, 6.45) is 4.04. The first kappa shape index (κ1) is 13.4. The van der Waals surface area contributed by atoms with Crippen LogP contribution in [0.3, 0.4) is 0 Å². The fourth-order valence-electron chi connectivity index (χ4n) is 1.56. The summed E-state index contributed by atoms with van der Waals surface area (Å²) in [7, 11) is 0. The molecule has 2 heteroatoms. The third kappa shape index (κ3) is 3.75. The molecule has 0 nitrogen and oxygen atoms in total. The van der Waals surface area contributed by atoms with Crippen molar-refractivity contribution in [3.8, 4) is 0 Å². The first-order valence-electron chi connectivity index (χ1n) is 5.70. The van der Waals surface area contributed by atoms with Gasteiger partial charge in [-0.15, -0.1) is 0 Å². The van der Waals surface area contributed by atoms with E-state index < -0.39 is 0 Å². The van der Waals surface area contributed by atoms with Crippen LogP contribution in [0.25, 0.3) is 6.08 Å². The van der Waals surface area contributed by atoms with Crippen molar-refractivity contribution >= 4 is 45.7 Å². The number of benzene rings is 2. The van der Waals surface area contributed by atoms with Gasteiger partial charge in [-0.05, 0) is 58.9 Å². The first-order valence-corrected chi connectivity index (χ1v) is 7.18. The monoisotopic (exact) mass is 364 g/mol. The summed E-state index contributed by atoms with van der Waals surface area (Å²) in [5.74, 6) is 0. The summed E-state index contributed by atoms with van der Waals surface area (Å²) in [5, 5.41) is 0. The Hall–Kier alpha value is -1.00. The molecule has 0 saturated carbocycles. The Labute approximate surface area is 127 Å². The first-order chi connectivity index (χ1) is 8.65. The molecule has 0 atom stereocenters. The molecule has 90 valence electrons. The van der Waals surface area contributed by atoms with Gasteiger partial charge in [0.25, 0.3) is 0 Å². The fourth-order valence-corrected chi connectivity index (χ4v) is 2.12. The molecule has 0 aliphatic heterocycles. The Kier molecular flexibility index (Phi) is 4.66. The van der Waals surface area contributed by atoms with Gasteiger partial charge in [-0.2, -0.15) is 0 Å². The van der Waals surface area contributed by atoms with E-state index >= 15 is 0 Å². The maximum atomic E-state index is 5.40. The molecule has 18 heavy (non-hydrogen) atoms. The maximum absolute atomic E-state index is 5.40. The highest BCUT2D eigenvalue weighted by Crippen LogP contribution is 2.10. The third-order valence-corrected chi connectivity index (χ3v) is 3.72. The summed E-state index contributed by atoms with van der Waals surface area (Å²) in [6.45, 7) is 2.08. The van der Waals surface area contributed by atoms with Crippen LogP contribution in [-0.2, 0) is 0 Å². The van der Waals surface area contributed by atoms with E-state index in [1.54, 1.807) is 0 Å². The minimum atomic E-state index is 0.869. The topological polar surface area (TPSA) is 0 Å². The summed E-state index contributed by atoms with van der Waals surface area (Å²) < 4.78 is 1.24. The van der Waals surface area contributed by atoms with E-state index in [1.165, 1.54) is 14.7 Å². The van der Waals surface area contributed by atoms with E-state index in [2.05, 4.69) is 84.1 Å². The zero-order valence-corrected chi connectivity index (χ0v) is 13.0. The standard InChI is InChI=1S/C16H13IS/c1-12-2-7-14(8-3-12)16(18)11-6-13-4-9-15(17)10-5-13/h2-11H,1H3. The molecule has 0 saturated heterocycles. The highest BCUT2D eigenvalue weighted by atomic mass is 127. The number of hydrogen-bond donors (Lipinski definition) is 0. The van der Waals surface area contributed by atoms with Crippen molar-refractivity contribution < 1.29 is 0 Å². The van der Waals surface area contributed by atoms with Gasteiger partial charge >= 0.3 is 0 Å². The molecule has 0 heterocycles. The van der Waals surface area contributed by atoms with Gasteiger partial charge in [0.2, 0.25) is 0 Å². The molecule has 0 aromatic heterocycles. The molecule has 0 bridgehead atoms. The molecule has 2 rings (SSSR count). The average molecular weight is 364 g/mol. The van der Waals surface area contributed by atoms with E-state index in [1.807, 2.05) is 6.08 Å². The quantitative estimate of drug-likeness (QED) is 0.319. The molecule has 0 radical (unpaired) electrons. The molecule has 0 N–H and O–H groups in total. The molecule has 2 aromatic carbocycles. The minimum absolute atomic E-state index is 0.869. The zero-order chi connectivity index (χ0) is 13.0. The Bertz CT molecular complexity index is 565. The van der Waals surface area contributed by atoms with Gasteiger partial charge in [0.05, 0.1) is 0 Å². The number of thiocarbonyl (C=S) groups is 1. The normalized spacial score (nSPS) is 10.8. The zero-order valence-electron chi connectivity index (χ0n) is 10.1. The van der Waals surface area contributed by atoms with E-state index in [0.717, 1.165) is 10.4 Å². The number of aryl methyl sites for hydroxylation is 1. The van der Waals surface area contributed by atoms with E-state index in [0.29, 0.717) is 0 Å². The van der Waals surface area contributed by atoms with Crippen LogP contribution in [0.4, 0.5) is 0 Å². The van der Waals surface area contributed by atoms with E-state index in [9.17, 15) is 0 Å². The van der Waals surface area contributed by atoms with Crippen LogP contribution in [0.5, 0.6) is 0 Å². The average Bonchev–Trinajstić information content (AvgIpc) is 2.38. The lowest BCUT2D eigenvalue weighted by molar-refractivity contribution is 1.47. The molecular weight excluding hydrogens is 351 g/mol. The van der Waals surface area contributed by atoms with Crippen molar-refractivity contribution in [1.29, 1.82) is 0 Å². The number of allylic oxidation sites excluding steroid dienone is 1. The van der Waals surface area contributed by atoms with Gasteiger partial charge in [-0.1, -0.05) is 60.3 Å². The van der Waals surface area contributed by atoms with Crippen LogP contribution in [0, 0.1) is 10.5 Å². The fraction of sp³-hybridized carbons (Fsp3) is 0.0625. The van der Waals surface area contributed by atoms with Crippen molar-refractivity contribution in [1.82, 2.24) is 0 Å². The minimum Gasteiger partial charge on any atom is -0.0795 e. The van der Waals surface area contributed by atoms with Gasteiger partial charge in [0.15, 0.2) is 0 Å². The molecular formula is C16H13IS. The lowest BCUT2D eigenvalue weighted by Crippen LogP contribution is -1.91. The van der Waals surface area contributed by atoms with Gasteiger partial charge in [0, 0.05) is 8.43 Å². The molecule has 0 amide bonds. The molecule has 0 spiro atoms. The van der Waals surface area contributed by atoms with Crippen molar-refractivity contribution in [2.75, 3.05) is 0 Å². The lowest BCUT2D eigenvalue weighted by Gasteiger charge is -1.99. The van der Waals surface area contributed by atoms with Crippen LogP contribution < -0.4 is 0 Å². The smallest absolute Gasteiger partial charge is 0.0449 e. The van der Waals surface area contributed by atoms with Crippen LogP contribution in [0.15, 0.2) is 54.6 Å². The van der Waals surface area contributed by atoms with Crippen molar-refractivity contribution in [2.24, 2.45) is 0 Å². The lowest BCUT2D eigenvalue weighted by atomic mass is 10.1. The Morgan fingerprint density at radius 3 is 2.22 bits per heavy atom. The van der Waals surface area contributed by atoms with Crippen LogP contribution in [0.1, 0.15) is 16.7 Å². The van der Waals surface area contributed by atoms with Crippen LogP contribution >= 0.6 is 34.8 Å². The number of rotatable bonds is 3. The second kappa shape index (κ2) is 6.25. The van der Waals surface area contributed by atoms with Crippen LogP contribution in [-0.4, -0.2) is 4.86 Å². The highest BCUT2D eigenvalue weighted by Gasteiger charge is 1.96. The SMILES string of the molecule is Cc1ccc(C(=S)C=Cc2ccc(I)cc2)cc1. The molecule has 0 aliphatic carbocycles. The Morgan fingerprint density at radius 1 is 1.00 bits per heavy atom. The highest BCUT2D eigenvalue weighted by molar-refractivity contribution is 14.1.